The van der Waals surface area contributed by atoms with Gasteiger partial charge in [-0.05, 0) is 136 Å². The van der Waals surface area contributed by atoms with Crippen molar-refractivity contribution in [2.24, 2.45) is 0 Å². The molecule has 0 unspecified atom stereocenters. The molecule has 0 N–H and O–H groups in total. The largest absolute Gasteiger partial charge is 0.309 e. The predicted octanol–water partition coefficient (Wildman–Crippen LogP) is 21.4. The number of aromatic nitrogens is 4. The highest BCUT2D eigenvalue weighted by Crippen LogP contribution is 2.42. The molecule has 0 spiro atoms. The summed E-state index contributed by atoms with van der Waals surface area (Å²) in [6, 6.07) is 102. The van der Waals surface area contributed by atoms with Crippen LogP contribution in [0.25, 0.3) is 163 Å². The van der Waals surface area contributed by atoms with Crippen LogP contribution in [0.15, 0.2) is 279 Å². The van der Waals surface area contributed by atoms with Crippen LogP contribution in [-0.2, 0) is 0 Å². The average molecular weight is 1080 g/mol. The molecule has 12 aromatic carbocycles. The molecule has 0 radical (unpaired) electrons. The van der Waals surface area contributed by atoms with E-state index in [1.807, 2.05) is 22.7 Å². The fraction of sp³-hybridized carbons (Fsp3) is 0. The molecule has 0 atom stereocenters. The second-order valence-electron chi connectivity index (χ2n) is 21.3. The van der Waals surface area contributed by atoms with Crippen molar-refractivity contribution in [2.75, 3.05) is 0 Å². The van der Waals surface area contributed by atoms with Crippen molar-refractivity contribution >= 4 is 107 Å². The summed E-state index contributed by atoms with van der Waals surface area (Å²) in [7, 11) is 0. The van der Waals surface area contributed by atoms with E-state index in [1.54, 1.807) is 0 Å². The molecule has 5 aromatic heterocycles. The van der Waals surface area contributed by atoms with Crippen molar-refractivity contribution in [1.29, 1.82) is 0 Å². The lowest BCUT2D eigenvalue weighted by Crippen LogP contribution is -2.04. The van der Waals surface area contributed by atoms with Crippen molar-refractivity contribution in [2.45, 2.75) is 0 Å². The highest BCUT2D eigenvalue weighted by atomic mass is 32.1. The van der Waals surface area contributed by atoms with Crippen LogP contribution in [0.3, 0.4) is 0 Å². The van der Waals surface area contributed by atoms with E-state index in [-0.39, 0.29) is 0 Å². The smallest absolute Gasteiger partial charge is 0.235 e. The molecule has 0 bridgehead atoms. The Hall–Kier alpha value is -10.2. The maximum atomic E-state index is 5.66. The van der Waals surface area contributed by atoms with Crippen LogP contribution >= 0.6 is 22.7 Å². The number of para-hydroxylation sites is 2. The van der Waals surface area contributed by atoms with E-state index < -0.39 is 0 Å². The minimum absolute atomic E-state index is 0.605. The number of nitrogens with zero attached hydrogens (tertiary/aromatic N) is 4. The number of benzene rings is 12. The van der Waals surface area contributed by atoms with Gasteiger partial charge in [0.05, 0.1) is 33.5 Å². The van der Waals surface area contributed by atoms with Gasteiger partial charge >= 0.3 is 0 Å². The normalized spacial score (nSPS) is 11.9. The molecule has 0 saturated heterocycles. The Kier molecular flexibility index (Phi) is 10.6. The molecular weight excluding hydrogens is 1030 g/mol. The summed E-state index contributed by atoms with van der Waals surface area (Å²) >= 11 is 3.70. The Morgan fingerprint density at radius 2 is 0.610 bits per heavy atom. The molecule has 0 aliphatic carbocycles. The quantitative estimate of drug-likeness (QED) is 0.152. The number of thiophene rings is 2. The maximum absolute atomic E-state index is 5.66. The third-order valence-corrected chi connectivity index (χ3v) is 18.8. The second-order valence-corrected chi connectivity index (χ2v) is 23.5. The van der Waals surface area contributed by atoms with Crippen LogP contribution in [0.2, 0.25) is 0 Å². The van der Waals surface area contributed by atoms with Crippen LogP contribution in [0.5, 0.6) is 0 Å². The zero-order chi connectivity index (χ0) is 53.8. The fourth-order valence-corrected chi connectivity index (χ4v) is 14.8. The Bertz CT molecular complexity index is 5430. The Morgan fingerprint density at radius 3 is 1.21 bits per heavy atom. The predicted molar refractivity (Wildman–Crippen MR) is 349 cm³/mol. The van der Waals surface area contributed by atoms with E-state index >= 15 is 0 Å². The summed E-state index contributed by atoms with van der Waals surface area (Å²) < 4.78 is 9.92. The zero-order valence-corrected chi connectivity index (χ0v) is 45.8. The molecule has 0 saturated carbocycles. The van der Waals surface area contributed by atoms with Gasteiger partial charge in [-0.15, -0.1) is 22.7 Å². The van der Waals surface area contributed by atoms with Crippen molar-refractivity contribution in [3.05, 3.63) is 279 Å². The molecular formula is C76H46N4S2. The van der Waals surface area contributed by atoms with Crippen LogP contribution in [-0.4, -0.2) is 19.1 Å². The summed E-state index contributed by atoms with van der Waals surface area (Å²) in [5, 5.41) is 9.89. The molecule has 4 nitrogen and oxygen atoms in total. The monoisotopic (exact) mass is 1080 g/mol. The molecule has 17 aromatic rings. The molecule has 382 valence electrons. The standard InChI is InChI=1S/C76H46N4S2/c1-2-15-47(16-3-1)48-17-12-18-49(39-48)50-19-13-20-55(40-50)66-46-67(78-76(77-66)80-69-28-9-5-24-59(69)61-36-32-54(45-71(61)80)52-34-38-75-65(43-52)63-26-7-11-30-73(63)82-75)56-21-14-22-57(41-56)79-68-27-8-4-23-58(68)60-35-31-53(44-70(60)79)51-33-37-74-64(42-51)62-25-6-10-29-72(62)81-74/h1-46H. The van der Waals surface area contributed by atoms with Gasteiger partial charge in [-0.25, -0.2) is 9.97 Å². The number of hydrogen-bond donors (Lipinski definition) is 0. The third kappa shape index (κ3) is 7.64. The molecule has 0 aliphatic rings. The SMILES string of the molecule is c1ccc(-c2cccc(-c3cccc(-c4cc(-c5cccc(-n6c7ccccc7c7ccc(-c8ccc9sc%10ccccc%10c9c8)cc76)c5)nc(-n5c6ccccc6c6ccc(-c7ccc8sc9ccccc9c8c7)cc65)n4)c3)c2)cc1. The summed E-state index contributed by atoms with van der Waals surface area (Å²) in [5.41, 5.74) is 18.4. The first-order valence-corrected chi connectivity index (χ1v) is 29.4. The fourth-order valence-electron chi connectivity index (χ4n) is 12.6. The lowest BCUT2D eigenvalue weighted by Gasteiger charge is -2.14. The molecule has 6 heteroatoms. The van der Waals surface area contributed by atoms with E-state index in [0.717, 1.165) is 77.7 Å². The van der Waals surface area contributed by atoms with Crippen molar-refractivity contribution in [3.63, 3.8) is 0 Å². The van der Waals surface area contributed by atoms with Crippen LogP contribution in [0, 0.1) is 0 Å². The molecule has 82 heavy (non-hydrogen) atoms. The molecule has 0 fully saturated rings. The van der Waals surface area contributed by atoms with Gasteiger partial charge < -0.3 is 4.57 Å². The van der Waals surface area contributed by atoms with Crippen LogP contribution in [0.1, 0.15) is 0 Å². The lowest BCUT2D eigenvalue weighted by molar-refractivity contribution is 0.995. The summed E-state index contributed by atoms with van der Waals surface area (Å²) in [4.78, 5) is 11.3. The third-order valence-electron chi connectivity index (χ3n) is 16.5. The molecule has 17 rings (SSSR count). The summed E-state index contributed by atoms with van der Waals surface area (Å²) in [6.07, 6.45) is 0. The summed E-state index contributed by atoms with van der Waals surface area (Å²) in [5.74, 6) is 0.605. The van der Waals surface area contributed by atoms with E-state index in [1.165, 1.54) is 78.9 Å². The highest BCUT2D eigenvalue weighted by Gasteiger charge is 2.21. The minimum Gasteiger partial charge on any atom is -0.309 e. The van der Waals surface area contributed by atoms with Crippen molar-refractivity contribution < 1.29 is 0 Å². The van der Waals surface area contributed by atoms with Gasteiger partial charge in [0.25, 0.3) is 0 Å². The molecule has 0 amide bonds. The van der Waals surface area contributed by atoms with E-state index in [0.29, 0.717) is 5.95 Å². The van der Waals surface area contributed by atoms with Gasteiger partial charge in [-0.2, -0.15) is 0 Å². The number of fused-ring (bicyclic) bond motifs is 12. The van der Waals surface area contributed by atoms with Gasteiger partial charge in [0.1, 0.15) is 0 Å². The van der Waals surface area contributed by atoms with Crippen LogP contribution < -0.4 is 0 Å². The topological polar surface area (TPSA) is 35.6 Å². The number of hydrogen-bond acceptors (Lipinski definition) is 4. The van der Waals surface area contributed by atoms with Crippen LogP contribution in [0.4, 0.5) is 0 Å². The van der Waals surface area contributed by atoms with E-state index in [9.17, 15) is 0 Å². The Labute approximate surface area is 480 Å². The zero-order valence-electron chi connectivity index (χ0n) is 44.2. The number of rotatable bonds is 8. The first kappa shape index (κ1) is 46.7. The van der Waals surface area contributed by atoms with E-state index in [2.05, 4.69) is 288 Å². The summed E-state index contributed by atoms with van der Waals surface area (Å²) in [6.45, 7) is 0. The maximum Gasteiger partial charge on any atom is 0.235 e. The van der Waals surface area contributed by atoms with Crippen molar-refractivity contribution in [1.82, 2.24) is 19.1 Å². The van der Waals surface area contributed by atoms with Gasteiger partial charge in [0.2, 0.25) is 5.95 Å². The average Bonchev–Trinajstić information content (AvgIpc) is 4.08. The van der Waals surface area contributed by atoms with Gasteiger partial charge in [-0.1, -0.05) is 188 Å². The van der Waals surface area contributed by atoms with E-state index in [4.69, 9.17) is 9.97 Å². The first-order chi connectivity index (χ1) is 40.6. The molecule has 5 heterocycles. The lowest BCUT2D eigenvalue weighted by atomic mass is 9.97. The van der Waals surface area contributed by atoms with Crippen molar-refractivity contribution in [3.8, 4) is 78.7 Å². The molecule has 0 aliphatic heterocycles. The van der Waals surface area contributed by atoms with Gasteiger partial charge in [0, 0.05) is 78.7 Å². The minimum atomic E-state index is 0.605. The highest BCUT2D eigenvalue weighted by molar-refractivity contribution is 7.26. The van der Waals surface area contributed by atoms with Gasteiger partial charge in [-0.3, -0.25) is 4.57 Å². The Morgan fingerprint density at radius 1 is 0.220 bits per heavy atom. The first-order valence-electron chi connectivity index (χ1n) is 27.8. The van der Waals surface area contributed by atoms with Gasteiger partial charge in [0.15, 0.2) is 0 Å². The Balaban J connectivity index is 0.853. The second kappa shape index (κ2) is 18.7.